The first-order valence-electron chi connectivity index (χ1n) is 9.23. The average Bonchev–Trinajstić information content (AvgIpc) is 2.61. The molecule has 2 unspecified atom stereocenters. The lowest BCUT2D eigenvalue weighted by molar-refractivity contribution is 0.0182. The lowest BCUT2D eigenvalue weighted by Crippen LogP contribution is -2.46. The molecule has 0 bridgehead atoms. The molecule has 4 heteroatoms. The number of hydrogen-bond donors (Lipinski definition) is 1. The van der Waals surface area contributed by atoms with Crippen LogP contribution in [-0.4, -0.2) is 37.2 Å². The van der Waals surface area contributed by atoms with E-state index in [-0.39, 0.29) is 5.41 Å². The highest BCUT2D eigenvalue weighted by molar-refractivity contribution is 8.03. The first kappa shape index (κ1) is 17.7. The van der Waals surface area contributed by atoms with E-state index < -0.39 is 0 Å². The van der Waals surface area contributed by atoms with E-state index >= 15 is 0 Å². The van der Waals surface area contributed by atoms with Gasteiger partial charge in [0.2, 0.25) is 0 Å². The van der Waals surface area contributed by atoms with Crippen molar-refractivity contribution in [3.05, 3.63) is 57.4 Å². The third kappa shape index (κ3) is 3.59. The Hall–Kier alpha value is -0.680. The highest BCUT2D eigenvalue weighted by Gasteiger charge is 2.40. The van der Waals surface area contributed by atoms with Crippen LogP contribution in [0.2, 0.25) is 0 Å². The SMILES string of the molecule is CC1(C)CC(N2CCOCC2)C=C2SC(c3ccccc3)CC(S)=C21. The fourth-order valence-electron chi connectivity index (χ4n) is 4.38. The summed E-state index contributed by atoms with van der Waals surface area (Å²) in [5.74, 6) is 0. The number of benzene rings is 1. The first-order valence-corrected chi connectivity index (χ1v) is 10.6. The van der Waals surface area contributed by atoms with Crippen molar-refractivity contribution in [1.29, 1.82) is 0 Å². The van der Waals surface area contributed by atoms with Crippen LogP contribution in [-0.2, 0) is 4.74 Å². The Morgan fingerprint density at radius 2 is 1.88 bits per heavy atom. The topological polar surface area (TPSA) is 12.5 Å². The van der Waals surface area contributed by atoms with Crippen molar-refractivity contribution < 1.29 is 4.74 Å². The van der Waals surface area contributed by atoms with Gasteiger partial charge in [-0.25, -0.2) is 0 Å². The van der Waals surface area contributed by atoms with E-state index in [0.29, 0.717) is 11.3 Å². The Morgan fingerprint density at radius 1 is 1.16 bits per heavy atom. The second kappa shape index (κ2) is 7.15. The van der Waals surface area contributed by atoms with Crippen LogP contribution in [0.3, 0.4) is 0 Å². The minimum absolute atomic E-state index is 0.179. The van der Waals surface area contributed by atoms with Crippen molar-refractivity contribution in [3.63, 3.8) is 0 Å². The molecule has 1 aromatic carbocycles. The molecule has 0 aromatic heterocycles. The number of hydrogen-bond acceptors (Lipinski definition) is 4. The van der Waals surface area contributed by atoms with Crippen LogP contribution >= 0.6 is 24.4 Å². The highest BCUT2D eigenvalue weighted by Crippen LogP contribution is 2.56. The standard InChI is InChI=1S/C21H27NOS2/c1-21(2)14-16(22-8-10-23-11-9-22)12-19-20(21)17(24)13-18(25-19)15-6-4-3-5-7-15/h3-7,12,16,18,24H,8-11,13-14H2,1-2H3. The smallest absolute Gasteiger partial charge is 0.0594 e. The molecule has 0 radical (unpaired) electrons. The van der Waals surface area contributed by atoms with Crippen LogP contribution < -0.4 is 0 Å². The molecule has 1 aromatic rings. The summed E-state index contributed by atoms with van der Waals surface area (Å²) in [5.41, 5.74) is 3.07. The number of thioether (sulfide) groups is 1. The Morgan fingerprint density at radius 3 is 2.60 bits per heavy atom. The predicted octanol–water partition coefficient (Wildman–Crippen LogP) is 5.06. The summed E-state index contributed by atoms with van der Waals surface area (Å²) in [7, 11) is 0. The molecule has 0 spiro atoms. The van der Waals surface area contributed by atoms with Gasteiger partial charge in [-0.2, -0.15) is 0 Å². The van der Waals surface area contributed by atoms with Crippen LogP contribution in [0.1, 0.15) is 37.5 Å². The largest absolute Gasteiger partial charge is 0.379 e. The molecule has 0 amide bonds. The average molecular weight is 374 g/mol. The Labute approximate surface area is 161 Å². The highest BCUT2D eigenvalue weighted by atomic mass is 32.2. The number of ether oxygens (including phenoxy) is 1. The molecule has 134 valence electrons. The summed E-state index contributed by atoms with van der Waals surface area (Å²) in [4.78, 5) is 5.34. The molecule has 4 rings (SSSR count). The molecule has 1 aliphatic carbocycles. The normalized spacial score (nSPS) is 30.0. The predicted molar refractivity (Wildman–Crippen MR) is 110 cm³/mol. The van der Waals surface area contributed by atoms with Gasteiger partial charge in [0.25, 0.3) is 0 Å². The third-order valence-corrected chi connectivity index (χ3v) is 7.33. The van der Waals surface area contributed by atoms with Crippen LogP contribution in [0.15, 0.2) is 51.8 Å². The summed E-state index contributed by atoms with van der Waals surface area (Å²) >= 11 is 6.99. The summed E-state index contributed by atoms with van der Waals surface area (Å²) in [6.07, 6.45) is 4.73. The van der Waals surface area contributed by atoms with Crippen molar-refractivity contribution in [1.82, 2.24) is 4.90 Å². The number of morpholine rings is 1. The number of rotatable bonds is 2. The Balaban J connectivity index is 1.67. The minimum Gasteiger partial charge on any atom is -0.379 e. The van der Waals surface area contributed by atoms with E-state index in [9.17, 15) is 0 Å². The first-order chi connectivity index (χ1) is 12.0. The van der Waals surface area contributed by atoms with Crippen LogP contribution in [0, 0.1) is 5.41 Å². The molecule has 0 N–H and O–H groups in total. The molecule has 2 atom stereocenters. The summed E-state index contributed by atoms with van der Waals surface area (Å²) < 4.78 is 5.55. The number of fused-ring (bicyclic) bond motifs is 1. The molecule has 25 heavy (non-hydrogen) atoms. The maximum absolute atomic E-state index is 5.55. The maximum atomic E-state index is 5.55. The quantitative estimate of drug-likeness (QED) is 0.728. The van der Waals surface area contributed by atoms with Crippen molar-refractivity contribution >= 4 is 24.4 Å². The molecular formula is C21H27NOS2. The van der Waals surface area contributed by atoms with E-state index in [1.54, 1.807) is 0 Å². The molecule has 1 fully saturated rings. The van der Waals surface area contributed by atoms with E-state index in [4.69, 9.17) is 17.4 Å². The van der Waals surface area contributed by atoms with Crippen LogP contribution in [0.5, 0.6) is 0 Å². The number of thiol groups is 1. The van der Waals surface area contributed by atoms with E-state index in [1.807, 2.05) is 11.8 Å². The molecule has 3 aliphatic rings. The zero-order valence-corrected chi connectivity index (χ0v) is 16.8. The number of nitrogens with zero attached hydrogens (tertiary/aromatic N) is 1. The van der Waals surface area contributed by atoms with E-state index in [0.717, 1.165) is 32.7 Å². The van der Waals surface area contributed by atoms with Crippen molar-refractivity contribution in [2.24, 2.45) is 5.41 Å². The van der Waals surface area contributed by atoms with Crippen molar-refractivity contribution in [2.75, 3.05) is 26.3 Å². The maximum Gasteiger partial charge on any atom is 0.0594 e. The van der Waals surface area contributed by atoms with Gasteiger partial charge >= 0.3 is 0 Å². The van der Waals surface area contributed by atoms with Gasteiger partial charge < -0.3 is 4.74 Å². The molecular weight excluding hydrogens is 346 g/mol. The van der Waals surface area contributed by atoms with Crippen molar-refractivity contribution in [2.45, 2.75) is 38.0 Å². The van der Waals surface area contributed by atoms with Crippen LogP contribution in [0.25, 0.3) is 0 Å². The fourth-order valence-corrected chi connectivity index (χ4v) is 6.78. The molecule has 2 heterocycles. The number of allylic oxidation sites excluding steroid dienone is 2. The summed E-state index contributed by atoms with van der Waals surface area (Å²) in [5, 5.41) is 0.475. The zero-order valence-electron chi connectivity index (χ0n) is 15.1. The van der Waals surface area contributed by atoms with E-state index in [2.05, 4.69) is 55.2 Å². The molecule has 1 saturated heterocycles. The van der Waals surface area contributed by atoms with Gasteiger partial charge in [-0.15, -0.1) is 24.4 Å². The Bertz CT molecular complexity index is 689. The lowest BCUT2D eigenvalue weighted by atomic mass is 9.73. The summed E-state index contributed by atoms with van der Waals surface area (Å²) in [6, 6.07) is 11.4. The molecule has 0 saturated carbocycles. The molecule has 2 nitrogen and oxygen atoms in total. The van der Waals surface area contributed by atoms with Crippen molar-refractivity contribution in [3.8, 4) is 0 Å². The summed E-state index contributed by atoms with van der Waals surface area (Å²) in [6.45, 7) is 8.60. The van der Waals surface area contributed by atoms with Gasteiger partial charge in [0.15, 0.2) is 0 Å². The van der Waals surface area contributed by atoms with E-state index in [1.165, 1.54) is 27.4 Å². The van der Waals surface area contributed by atoms with Crippen LogP contribution in [0.4, 0.5) is 0 Å². The Kier molecular flexibility index (Phi) is 5.07. The third-order valence-electron chi connectivity index (χ3n) is 5.61. The molecule has 2 aliphatic heterocycles. The lowest BCUT2D eigenvalue weighted by Gasteiger charge is -2.45. The van der Waals surface area contributed by atoms with Gasteiger partial charge in [-0.3, -0.25) is 4.90 Å². The second-order valence-corrected chi connectivity index (χ2v) is 9.66. The fraction of sp³-hybridized carbons (Fsp3) is 0.524. The monoisotopic (exact) mass is 373 g/mol. The van der Waals surface area contributed by atoms with Gasteiger partial charge in [0, 0.05) is 29.3 Å². The van der Waals surface area contributed by atoms with Gasteiger partial charge in [0.05, 0.1) is 13.2 Å². The zero-order chi connectivity index (χ0) is 17.4. The van der Waals surface area contributed by atoms with Gasteiger partial charge in [-0.05, 0) is 34.3 Å². The van der Waals surface area contributed by atoms with Gasteiger partial charge in [0.1, 0.15) is 0 Å². The minimum atomic E-state index is 0.179. The van der Waals surface area contributed by atoms with Gasteiger partial charge in [-0.1, -0.05) is 50.3 Å². The second-order valence-electron chi connectivity index (χ2n) is 7.88.